The molecule has 0 nitrogen and oxygen atoms in total. The quantitative estimate of drug-likeness (QED) is 0.150. The van der Waals surface area contributed by atoms with Crippen LogP contribution in [0.15, 0.2) is 182 Å². The van der Waals surface area contributed by atoms with Crippen molar-refractivity contribution in [3.05, 3.63) is 215 Å². The molecule has 0 atom stereocenters. The third-order valence-electron chi connectivity index (χ3n) is 11.6. The second-order valence-electron chi connectivity index (χ2n) is 14.6. The van der Waals surface area contributed by atoms with E-state index in [1.807, 2.05) is 0 Å². The zero-order valence-electron chi connectivity index (χ0n) is 29.9. The van der Waals surface area contributed by atoms with Gasteiger partial charge in [0, 0.05) is 0 Å². The van der Waals surface area contributed by atoms with Gasteiger partial charge in [-0.1, -0.05) is 170 Å². The molecule has 0 N–H and O–H groups in total. The molecule has 8 aromatic rings. The summed E-state index contributed by atoms with van der Waals surface area (Å²) in [5, 5.41) is 0. The van der Waals surface area contributed by atoms with E-state index in [2.05, 4.69) is 182 Å². The van der Waals surface area contributed by atoms with Gasteiger partial charge in [0.1, 0.15) is 0 Å². The predicted octanol–water partition coefficient (Wildman–Crippen LogP) is 13.7. The average Bonchev–Trinajstić information content (AvgIpc) is 3.80. The van der Waals surface area contributed by atoms with E-state index in [1.54, 1.807) is 0 Å². The van der Waals surface area contributed by atoms with Crippen LogP contribution in [0.1, 0.15) is 39.8 Å². The fourth-order valence-electron chi connectivity index (χ4n) is 9.25. The van der Waals surface area contributed by atoms with E-state index >= 15 is 0 Å². The van der Waals surface area contributed by atoms with Crippen molar-refractivity contribution in [1.29, 1.82) is 0 Å². The summed E-state index contributed by atoms with van der Waals surface area (Å²) in [6, 6.07) is 67.4. The Morgan fingerprint density at radius 1 is 0.302 bits per heavy atom. The standard InChI is InChI=1S/C53H40/c1-5-18-36(19-6-1)46-34-50-42-28-15-13-26-40(42)32-48(50)44(52(46)38-22-9-3-10-23-38)30-17-31-45-49-33-41-27-14-16-29-43(41)51(49)35-47(37-20-7-2-8-21-37)53(45)39-24-11-4-12-25-39/h1-16,18-29,34-35H,17,30-33H2. The van der Waals surface area contributed by atoms with Gasteiger partial charge in [-0.2, -0.15) is 0 Å². The highest BCUT2D eigenvalue weighted by molar-refractivity contribution is 5.95. The Labute approximate surface area is 313 Å². The lowest BCUT2D eigenvalue weighted by atomic mass is 9.81. The topological polar surface area (TPSA) is 0 Å². The molecule has 2 aliphatic rings. The number of benzene rings is 8. The molecule has 10 rings (SSSR count). The third kappa shape index (κ3) is 5.54. The molecule has 0 heteroatoms. The van der Waals surface area contributed by atoms with Gasteiger partial charge in [-0.3, -0.25) is 0 Å². The molecule has 0 saturated heterocycles. The summed E-state index contributed by atoms with van der Waals surface area (Å²) in [5.41, 5.74) is 25.1. The van der Waals surface area contributed by atoms with Gasteiger partial charge in [0.05, 0.1) is 0 Å². The first-order chi connectivity index (χ1) is 26.3. The molecule has 0 amide bonds. The molecule has 0 radical (unpaired) electrons. The molecule has 0 saturated carbocycles. The van der Waals surface area contributed by atoms with Crippen LogP contribution < -0.4 is 0 Å². The lowest BCUT2D eigenvalue weighted by molar-refractivity contribution is 0.811. The summed E-state index contributed by atoms with van der Waals surface area (Å²) in [7, 11) is 0. The molecule has 0 aliphatic heterocycles. The van der Waals surface area contributed by atoms with Crippen molar-refractivity contribution in [2.45, 2.75) is 32.1 Å². The van der Waals surface area contributed by atoms with Gasteiger partial charge in [0.25, 0.3) is 0 Å². The smallest absolute Gasteiger partial charge is 0.00105 e. The largest absolute Gasteiger partial charge is 0.0622 e. The van der Waals surface area contributed by atoms with Crippen molar-refractivity contribution in [1.82, 2.24) is 0 Å². The van der Waals surface area contributed by atoms with Gasteiger partial charge in [-0.15, -0.1) is 0 Å². The molecule has 252 valence electrons. The zero-order valence-corrected chi connectivity index (χ0v) is 29.9. The van der Waals surface area contributed by atoms with E-state index in [0.29, 0.717) is 0 Å². The van der Waals surface area contributed by atoms with Crippen molar-refractivity contribution < 1.29 is 0 Å². The van der Waals surface area contributed by atoms with Crippen LogP contribution in [0, 0.1) is 0 Å². The molecular formula is C53H40. The van der Waals surface area contributed by atoms with Crippen LogP contribution in [0.2, 0.25) is 0 Å². The minimum Gasteiger partial charge on any atom is -0.0622 e. The van der Waals surface area contributed by atoms with Crippen LogP contribution in [-0.4, -0.2) is 0 Å². The minimum atomic E-state index is 0.985. The van der Waals surface area contributed by atoms with Crippen LogP contribution >= 0.6 is 0 Å². The van der Waals surface area contributed by atoms with E-state index < -0.39 is 0 Å². The van der Waals surface area contributed by atoms with Crippen LogP contribution in [0.4, 0.5) is 0 Å². The van der Waals surface area contributed by atoms with E-state index in [4.69, 9.17) is 0 Å². The number of hydrogen-bond acceptors (Lipinski definition) is 0. The van der Waals surface area contributed by atoms with Crippen molar-refractivity contribution in [3.63, 3.8) is 0 Å². The molecular weight excluding hydrogens is 637 g/mol. The Balaban J connectivity index is 1.15. The monoisotopic (exact) mass is 676 g/mol. The van der Waals surface area contributed by atoms with E-state index in [-0.39, 0.29) is 0 Å². The second kappa shape index (κ2) is 13.4. The Bertz CT molecular complexity index is 2410. The fourth-order valence-corrected chi connectivity index (χ4v) is 9.25. The molecule has 53 heavy (non-hydrogen) atoms. The fraction of sp³-hybridized carbons (Fsp3) is 0.0943. The summed E-state index contributed by atoms with van der Waals surface area (Å²) >= 11 is 0. The Kier molecular flexibility index (Phi) is 7.95. The Morgan fingerprint density at radius 2 is 0.642 bits per heavy atom. The third-order valence-corrected chi connectivity index (χ3v) is 11.6. The van der Waals surface area contributed by atoms with Crippen LogP contribution in [0.3, 0.4) is 0 Å². The molecule has 0 bridgehead atoms. The summed E-state index contributed by atoms with van der Waals surface area (Å²) in [4.78, 5) is 0. The van der Waals surface area contributed by atoms with Gasteiger partial charge >= 0.3 is 0 Å². The van der Waals surface area contributed by atoms with E-state index in [9.17, 15) is 0 Å². The van der Waals surface area contributed by atoms with Crippen molar-refractivity contribution in [2.24, 2.45) is 0 Å². The minimum absolute atomic E-state index is 0.985. The van der Waals surface area contributed by atoms with Crippen molar-refractivity contribution in [3.8, 4) is 66.8 Å². The molecule has 0 fully saturated rings. The van der Waals surface area contributed by atoms with Gasteiger partial charge < -0.3 is 0 Å². The summed E-state index contributed by atoms with van der Waals surface area (Å²) < 4.78 is 0. The molecule has 8 aromatic carbocycles. The number of fused-ring (bicyclic) bond motifs is 6. The van der Waals surface area contributed by atoms with Crippen molar-refractivity contribution >= 4 is 0 Å². The first-order valence-corrected chi connectivity index (χ1v) is 19.1. The first-order valence-electron chi connectivity index (χ1n) is 19.1. The summed E-state index contributed by atoms with van der Waals surface area (Å²) in [6.45, 7) is 0. The highest BCUT2D eigenvalue weighted by Crippen LogP contribution is 2.49. The highest BCUT2D eigenvalue weighted by Gasteiger charge is 2.29. The van der Waals surface area contributed by atoms with E-state index in [0.717, 1.165) is 32.1 Å². The predicted molar refractivity (Wildman–Crippen MR) is 223 cm³/mol. The van der Waals surface area contributed by atoms with Gasteiger partial charge in [-0.05, 0) is 144 Å². The highest BCUT2D eigenvalue weighted by atomic mass is 14.3. The van der Waals surface area contributed by atoms with Crippen LogP contribution in [-0.2, 0) is 25.7 Å². The second-order valence-corrected chi connectivity index (χ2v) is 14.6. The molecule has 0 heterocycles. The molecule has 0 spiro atoms. The maximum absolute atomic E-state index is 2.49. The number of hydrogen-bond donors (Lipinski definition) is 0. The SMILES string of the molecule is c1ccc(-c2cc3c(c(CCCc4c5c(cc(-c6ccccc6)c4-c4ccccc4)-c4ccccc4C5)c2-c2ccccc2)Cc2ccccc2-3)cc1. The van der Waals surface area contributed by atoms with Gasteiger partial charge in [0.2, 0.25) is 0 Å². The molecule has 0 unspecified atom stereocenters. The first kappa shape index (κ1) is 31.5. The van der Waals surface area contributed by atoms with E-state index in [1.165, 1.54) is 100 Å². The van der Waals surface area contributed by atoms with Crippen molar-refractivity contribution in [2.75, 3.05) is 0 Å². The lowest BCUT2D eigenvalue weighted by Gasteiger charge is -2.23. The Hall–Kier alpha value is -6.24. The zero-order chi connectivity index (χ0) is 35.1. The summed E-state index contributed by atoms with van der Waals surface area (Å²) in [5.74, 6) is 0. The maximum atomic E-state index is 2.49. The molecule has 2 aliphatic carbocycles. The summed E-state index contributed by atoms with van der Waals surface area (Å²) in [6.07, 6.45) is 5.04. The van der Waals surface area contributed by atoms with Gasteiger partial charge in [0.15, 0.2) is 0 Å². The average molecular weight is 677 g/mol. The number of rotatable bonds is 8. The lowest BCUT2D eigenvalue weighted by Crippen LogP contribution is -2.04. The van der Waals surface area contributed by atoms with Gasteiger partial charge in [-0.25, -0.2) is 0 Å². The molecule has 0 aromatic heterocycles. The normalized spacial score (nSPS) is 12.2. The maximum Gasteiger partial charge on any atom is -0.00105 e. The Morgan fingerprint density at radius 3 is 1.04 bits per heavy atom. The van der Waals surface area contributed by atoms with Crippen LogP contribution in [0.25, 0.3) is 66.8 Å². The van der Waals surface area contributed by atoms with Crippen LogP contribution in [0.5, 0.6) is 0 Å².